The second-order valence-electron chi connectivity index (χ2n) is 5.12. The molecule has 0 aromatic heterocycles. The van der Waals surface area contributed by atoms with Crippen LogP contribution in [0.5, 0.6) is 0 Å². The molecule has 2 N–H and O–H groups in total. The van der Waals surface area contributed by atoms with Gasteiger partial charge in [-0.3, -0.25) is 4.79 Å². The Morgan fingerprint density at radius 3 is 2.94 bits per heavy atom. The minimum atomic E-state index is 0.124. The Morgan fingerprint density at radius 2 is 2.22 bits per heavy atom. The van der Waals surface area contributed by atoms with Gasteiger partial charge in [0.1, 0.15) is 0 Å². The smallest absolute Gasteiger partial charge is 0.253 e. The first kappa shape index (κ1) is 12.9. The summed E-state index contributed by atoms with van der Waals surface area (Å²) in [5, 5.41) is 0. The third kappa shape index (κ3) is 3.03. The molecule has 1 aliphatic heterocycles. The van der Waals surface area contributed by atoms with Gasteiger partial charge in [0.15, 0.2) is 0 Å². The van der Waals surface area contributed by atoms with Crippen LogP contribution in [0.15, 0.2) is 24.3 Å². The fourth-order valence-corrected chi connectivity index (χ4v) is 2.63. The molecule has 1 aromatic carbocycles. The Labute approximate surface area is 109 Å². The van der Waals surface area contributed by atoms with Crippen molar-refractivity contribution in [2.24, 2.45) is 5.92 Å². The Hall–Kier alpha value is -1.51. The van der Waals surface area contributed by atoms with E-state index in [2.05, 4.69) is 6.92 Å². The van der Waals surface area contributed by atoms with Crippen molar-refractivity contribution in [3.63, 3.8) is 0 Å². The van der Waals surface area contributed by atoms with Crippen LogP contribution in [0, 0.1) is 5.92 Å². The summed E-state index contributed by atoms with van der Waals surface area (Å²) in [5.41, 5.74) is 7.10. The Balaban J connectivity index is 2.05. The lowest BCUT2D eigenvalue weighted by molar-refractivity contribution is 0.0760. The number of rotatable bonds is 2. The van der Waals surface area contributed by atoms with E-state index < -0.39 is 0 Å². The van der Waals surface area contributed by atoms with Crippen molar-refractivity contribution in [2.45, 2.75) is 32.6 Å². The van der Waals surface area contributed by atoms with E-state index >= 15 is 0 Å². The van der Waals surface area contributed by atoms with Gasteiger partial charge in [-0.2, -0.15) is 0 Å². The van der Waals surface area contributed by atoms with Gasteiger partial charge in [0.2, 0.25) is 0 Å². The fourth-order valence-electron chi connectivity index (χ4n) is 2.63. The minimum Gasteiger partial charge on any atom is -0.399 e. The van der Waals surface area contributed by atoms with Crippen LogP contribution in [-0.4, -0.2) is 23.9 Å². The maximum Gasteiger partial charge on any atom is 0.253 e. The number of hydrogen-bond acceptors (Lipinski definition) is 2. The largest absolute Gasteiger partial charge is 0.399 e. The van der Waals surface area contributed by atoms with Crippen LogP contribution in [0.4, 0.5) is 5.69 Å². The molecule has 1 aromatic rings. The van der Waals surface area contributed by atoms with Gasteiger partial charge in [0.05, 0.1) is 0 Å². The van der Waals surface area contributed by atoms with Crippen LogP contribution in [-0.2, 0) is 0 Å². The molecule has 1 heterocycles. The average molecular weight is 246 g/mol. The average Bonchev–Trinajstić information content (AvgIpc) is 2.63. The molecule has 3 nitrogen and oxygen atoms in total. The number of amides is 1. The zero-order valence-electron chi connectivity index (χ0n) is 11.1. The number of anilines is 1. The standard InChI is InChI=1S/C15H22N2O/c1-2-12-5-4-9-17(10-8-12)15(18)13-6-3-7-14(16)11-13/h3,6-7,11-12H,2,4-5,8-10,16H2,1H3. The molecule has 98 valence electrons. The first-order chi connectivity index (χ1) is 8.70. The molecule has 1 aliphatic rings. The maximum atomic E-state index is 12.4. The zero-order chi connectivity index (χ0) is 13.0. The summed E-state index contributed by atoms with van der Waals surface area (Å²) < 4.78 is 0. The van der Waals surface area contributed by atoms with E-state index in [0.717, 1.165) is 31.8 Å². The van der Waals surface area contributed by atoms with Crippen LogP contribution in [0.3, 0.4) is 0 Å². The molecule has 1 amide bonds. The normalized spacial score (nSPS) is 20.5. The highest BCUT2D eigenvalue weighted by molar-refractivity contribution is 5.95. The first-order valence-electron chi connectivity index (χ1n) is 6.85. The van der Waals surface area contributed by atoms with E-state index in [1.54, 1.807) is 6.07 Å². The van der Waals surface area contributed by atoms with E-state index in [9.17, 15) is 4.79 Å². The lowest BCUT2D eigenvalue weighted by atomic mass is 9.98. The molecule has 0 bridgehead atoms. The van der Waals surface area contributed by atoms with E-state index in [1.807, 2.05) is 23.1 Å². The number of hydrogen-bond donors (Lipinski definition) is 1. The molecule has 1 fully saturated rings. The molecule has 2 rings (SSSR count). The summed E-state index contributed by atoms with van der Waals surface area (Å²) in [7, 11) is 0. The lowest BCUT2D eigenvalue weighted by Crippen LogP contribution is -2.32. The van der Waals surface area contributed by atoms with Gasteiger partial charge in [0.25, 0.3) is 5.91 Å². The first-order valence-corrected chi connectivity index (χ1v) is 6.85. The Kier molecular flexibility index (Phi) is 4.24. The zero-order valence-corrected chi connectivity index (χ0v) is 11.1. The summed E-state index contributed by atoms with van der Waals surface area (Å²) in [6.45, 7) is 4.00. The molecule has 1 saturated heterocycles. The van der Waals surface area contributed by atoms with Gasteiger partial charge in [-0.1, -0.05) is 19.4 Å². The van der Waals surface area contributed by atoms with Gasteiger partial charge in [0, 0.05) is 24.3 Å². The second kappa shape index (κ2) is 5.89. The minimum absolute atomic E-state index is 0.124. The summed E-state index contributed by atoms with van der Waals surface area (Å²) in [6.07, 6.45) is 4.72. The van der Waals surface area contributed by atoms with Crippen molar-refractivity contribution in [3.05, 3.63) is 29.8 Å². The number of nitrogens with two attached hydrogens (primary N) is 1. The predicted molar refractivity (Wildman–Crippen MR) is 74.4 cm³/mol. The number of benzene rings is 1. The second-order valence-corrected chi connectivity index (χ2v) is 5.12. The van der Waals surface area contributed by atoms with Crippen LogP contribution < -0.4 is 5.73 Å². The predicted octanol–water partition coefficient (Wildman–Crippen LogP) is 2.92. The topological polar surface area (TPSA) is 46.3 Å². The molecule has 0 aliphatic carbocycles. The maximum absolute atomic E-state index is 12.4. The summed E-state index contributed by atoms with van der Waals surface area (Å²) in [4.78, 5) is 14.3. The van der Waals surface area contributed by atoms with Crippen molar-refractivity contribution in [2.75, 3.05) is 18.8 Å². The highest BCUT2D eigenvalue weighted by atomic mass is 16.2. The molecular formula is C15H22N2O. The van der Waals surface area contributed by atoms with Gasteiger partial charge < -0.3 is 10.6 Å². The summed E-state index contributed by atoms with van der Waals surface area (Å²) in [6, 6.07) is 7.27. The van der Waals surface area contributed by atoms with E-state index in [-0.39, 0.29) is 5.91 Å². The van der Waals surface area contributed by atoms with Crippen molar-refractivity contribution in [1.29, 1.82) is 0 Å². The van der Waals surface area contributed by atoms with Crippen molar-refractivity contribution in [3.8, 4) is 0 Å². The highest BCUT2D eigenvalue weighted by Crippen LogP contribution is 2.21. The third-order valence-electron chi connectivity index (χ3n) is 3.85. The molecule has 3 heteroatoms. The lowest BCUT2D eigenvalue weighted by Gasteiger charge is -2.20. The van der Waals surface area contributed by atoms with Gasteiger partial charge in [-0.15, -0.1) is 0 Å². The number of nitrogens with zero attached hydrogens (tertiary/aromatic N) is 1. The number of carbonyl (C=O) groups is 1. The van der Waals surface area contributed by atoms with Crippen LogP contribution in [0.25, 0.3) is 0 Å². The number of nitrogen functional groups attached to an aromatic ring is 1. The van der Waals surface area contributed by atoms with Gasteiger partial charge >= 0.3 is 0 Å². The van der Waals surface area contributed by atoms with E-state index in [4.69, 9.17) is 5.73 Å². The molecule has 1 atom stereocenters. The van der Waals surface area contributed by atoms with Crippen molar-refractivity contribution in [1.82, 2.24) is 4.90 Å². The molecule has 0 saturated carbocycles. The van der Waals surface area contributed by atoms with Crippen molar-refractivity contribution >= 4 is 11.6 Å². The molecule has 18 heavy (non-hydrogen) atoms. The summed E-state index contributed by atoms with van der Waals surface area (Å²) >= 11 is 0. The molecule has 0 spiro atoms. The monoisotopic (exact) mass is 246 g/mol. The van der Waals surface area contributed by atoms with E-state index in [1.165, 1.54) is 12.8 Å². The van der Waals surface area contributed by atoms with Crippen LogP contribution >= 0.6 is 0 Å². The van der Waals surface area contributed by atoms with Crippen LogP contribution in [0.2, 0.25) is 0 Å². The Bertz CT molecular complexity index is 417. The fraction of sp³-hybridized carbons (Fsp3) is 0.533. The van der Waals surface area contributed by atoms with Gasteiger partial charge in [-0.05, 0) is 43.4 Å². The molecular weight excluding hydrogens is 224 g/mol. The summed E-state index contributed by atoms with van der Waals surface area (Å²) in [5.74, 6) is 0.905. The SMILES string of the molecule is CCC1CCCN(C(=O)c2cccc(N)c2)CC1. The van der Waals surface area contributed by atoms with Crippen LogP contribution in [0.1, 0.15) is 43.0 Å². The number of likely N-dealkylation sites (tertiary alicyclic amines) is 1. The number of carbonyl (C=O) groups excluding carboxylic acids is 1. The quantitative estimate of drug-likeness (QED) is 0.815. The highest BCUT2D eigenvalue weighted by Gasteiger charge is 2.20. The van der Waals surface area contributed by atoms with Crippen molar-refractivity contribution < 1.29 is 4.79 Å². The van der Waals surface area contributed by atoms with E-state index in [0.29, 0.717) is 11.3 Å². The third-order valence-corrected chi connectivity index (χ3v) is 3.85. The Morgan fingerprint density at radius 1 is 1.39 bits per heavy atom. The molecule has 0 radical (unpaired) electrons. The molecule has 1 unspecified atom stereocenters. The van der Waals surface area contributed by atoms with Gasteiger partial charge in [-0.25, -0.2) is 0 Å².